The summed E-state index contributed by atoms with van der Waals surface area (Å²) in [6.45, 7) is 10.7. The van der Waals surface area contributed by atoms with E-state index in [1.54, 1.807) is 12.1 Å². The van der Waals surface area contributed by atoms with Crippen LogP contribution in [0.25, 0.3) is 0 Å². The molecule has 0 amide bonds. The van der Waals surface area contributed by atoms with Gasteiger partial charge in [-0.1, -0.05) is 26.8 Å². The van der Waals surface area contributed by atoms with Crippen LogP contribution in [-0.4, -0.2) is 13.1 Å². The van der Waals surface area contributed by atoms with Gasteiger partial charge in [-0.2, -0.15) is 0 Å². The predicted octanol–water partition coefficient (Wildman–Crippen LogP) is 3.56. The Morgan fingerprint density at radius 2 is 1.94 bits per heavy atom. The first kappa shape index (κ1) is 14.2. The molecule has 0 aliphatic carbocycles. The molecule has 0 aliphatic heterocycles. The second-order valence-electron chi connectivity index (χ2n) is 5.04. The zero-order chi connectivity index (χ0) is 12.8. The lowest BCUT2D eigenvalue weighted by Gasteiger charge is -2.21. The molecule has 1 N–H and O–H groups in total. The smallest absolute Gasteiger partial charge is 0.123 e. The van der Waals surface area contributed by atoms with Crippen molar-refractivity contribution in [1.82, 2.24) is 5.32 Å². The molecule has 0 radical (unpaired) electrons. The molecule has 96 valence electrons. The van der Waals surface area contributed by atoms with Gasteiger partial charge in [0.2, 0.25) is 0 Å². The van der Waals surface area contributed by atoms with E-state index < -0.39 is 0 Å². The minimum Gasteiger partial charge on any atom is -0.317 e. The highest BCUT2D eigenvalue weighted by molar-refractivity contribution is 5.26. The summed E-state index contributed by atoms with van der Waals surface area (Å²) >= 11 is 0. The number of aryl methyl sites for hydroxylation is 1. The standard InChI is InChI=1S/C15H24FN/c1-5-17-10-13(4)11(2)8-14-6-7-15(16)9-12(14)3/h6-7,9,11,13,17H,5,8,10H2,1-4H3. The van der Waals surface area contributed by atoms with Gasteiger partial charge in [0.15, 0.2) is 0 Å². The van der Waals surface area contributed by atoms with E-state index in [0.29, 0.717) is 11.8 Å². The fourth-order valence-electron chi connectivity index (χ4n) is 2.01. The van der Waals surface area contributed by atoms with E-state index in [2.05, 4.69) is 26.1 Å². The maximum atomic E-state index is 13.0. The quantitative estimate of drug-likeness (QED) is 0.797. The Kier molecular flexibility index (Phi) is 5.63. The van der Waals surface area contributed by atoms with Crippen LogP contribution in [0.2, 0.25) is 0 Å². The van der Waals surface area contributed by atoms with Crippen molar-refractivity contribution in [2.24, 2.45) is 11.8 Å². The first-order valence-electron chi connectivity index (χ1n) is 6.50. The zero-order valence-electron chi connectivity index (χ0n) is 11.4. The second-order valence-corrected chi connectivity index (χ2v) is 5.04. The molecule has 0 heterocycles. The Balaban J connectivity index is 2.58. The molecule has 1 nitrogen and oxygen atoms in total. The average Bonchev–Trinajstić information content (AvgIpc) is 2.29. The Morgan fingerprint density at radius 3 is 2.53 bits per heavy atom. The van der Waals surface area contributed by atoms with Crippen molar-refractivity contribution in [3.8, 4) is 0 Å². The molecule has 0 spiro atoms. The molecule has 0 bridgehead atoms. The highest BCUT2D eigenvalue weighted by Crippen LogP contribution is 2.19. The number of nitrogens with one attached hydrogen (secondary N) is 1. The van der Waals surface area contributed by atoms with Crippen LogP contribution < -0.4 is 5.32 Å². The van der Waals surface area contributed by atoms with Crippen molar-refractivity contribution >= 4 is 0 Å². The summed E-state index contributed by atoms with van der Waals surface area (Å²) in [6.07, 6.45) is 1.03. The lowest BCUT2D eigenvalue weighted by Crippen LogP contribution is -2.26. The van der Waals surface area contributed by atoms with Crippen molar-refractivity contribution in [1.29, 1.82) is 0 Å². The van der Waals surface area contributed by atoms with E-state index in [9.17, 15) is 4.39 Å². The van der Waals surface area contributed by atoms with Crippen LogP contribution in [0.1, 0.15) is 31.9 Å². The molecule has 1 rings (SSSR count). The molecule has 1 aromatic rings. The van der Waals surface area contributed by atoms with Crippen LogP contribution in [0.4, 0.5) is 4.39 Å². The minimum atomic E-state index is -0.139. The largest absolute Gasteiger partial charge is 0.317 e. The first-order chi connectivity index (χ1) is 8.04. The normalized spacial score (nSPS) is 14.6. The van der Waals surface area contributed by atoms with Gasteiger partial charge < -0.3 is 5.32 Å². The van der Waals surface area contributed by atoms with E-state index in [4.69, 9.17) is 0 Å². The number of hydrogen-bond donors (Lipinski definition) is 1. The fourth-order valence-corrected chi connectivity index (χ4v) is 2.01. The van der Waals surface area contributed by atoms with E-state index in [1.807, 2.05) is 13.0 Å². The maximum absolute atomic E-state index is 13.0. The number of rotatable bonds is 6. The molecule has 2 heteroatoms. The third-order valence-electron chi connectivity index (χ3n) is 3.53. The zero-order valence-corrected chi connectivity index (χ0v) is 11.4. The molecule has 2 atom stereocenters. The van der Waals surface area contributed by atoms with Crippen LogP contribution in [-0.2, 0) is 6.42 Å². The summed E-state index contributed by atoms with van der Waals surface area (Å²) < 4.78 is 13.0. The van der Waals surface area contributed by atoms with Gasteiger partial charge in [0.05, 0.1) is 0 Å². The summed E-state index contributed by atoms with van der Waals surface area (Å²) in [4.78, 5) is 0. The Bertz CT molecular complexity index is 349. The Labute approximate surface area is 104 Å². The predicted molar refractivity (Wildman–Crippen MR) is 71.7 cm³/mol. The van der Waals surface area contributed by atoms with Gasteiger partial charge in [-0.15, -0.1) is 0 Å². The van der Waals surface area contributed by atoms with E-state index in [1.165, 1.54) is 5.56 Å². The van der Waals surface area contributed by atoms with Gasteiger partial charge in [-0.25, -0.2) is 4.39 Å². The van der Waals surface area contributed by atoms with Crippen molar-refractivity contribution in [2.75, 3.05) is 13.1 Å². The van der Waals surface area contributed by atoms with Crippen LogP contribution in [0.5, 0.6) is 0 Å². The summed E-state index contributed by atoms with van der Waals surface area (Å²) in [5.41, 5.74) is 2.33. The lowest BCUT2D eigenvalue weighted by atomic mass is 9.88. The van der Waals surface area contributed by atoms with E-state index >= 15 is 0 Å². The molecule has 17 heavy (non-hydrogen) atoms. The highest BCUT2D eigenvalue weighted by Gasteiger charge is 2.13. The number of halogens is 1. The van der Waals surface area contributed by atoms with Gasteiger partial charge in [0.25, 0.3) is 0 Å². The van der Waals surface area contributed by atoms with Crippen LogP contribution in [0.15, 0.2) is 18.2 Å². The van der Waals surface area contributed by atoms with Crippen LogP contribution in [0.3, 0.4) is 0 Å². The summed E-state index contributed by atoms with van der Waals surface area (Å²) in [5.74, 6) is 1.11. The third-order valence-corrected chi connectivity index (χ3v) is 3.53. The molecule has 0 aliphatic rings. The number of hydrogen-bond acceptors (Lipinski definition) is 1. The molecule has 0 saturated heterocycles. The lowest BCUT2D eigenvalue weighted by molar-refractivity contribution is 0.367. The van der Waals surface area contributed by atoms with Gasteiger partial charge in [0.1, 0.15) is 5.82 Å². The second kappa shape index (κ2) is 6.75. The Morgan fingerprint density at radius 1 is 1.24 bits per heavy atom. The van der Waals surface area contributed by atoms with Crippen LogP contribution >= 0.6 is 0 Å². The molecule has 0 fully saturated rings. The SMILES string of the molecule is CCNCC(C)C(C)Cc1ccc(F)cc1C. The minimum absolute atomic E-state index is 0.139. The number of benzene rings is 1. The van der Waals surface area contributed by atoms with Crippen molar-refractivity contribution in [3.63, 3.8) is 0 Å². The third kappa shape index (κ3) is 4.47. The molecule has 1 aromatic carbocycles. The van der Waals surface area contributed by atoms with Gasteiger partial charge in [-0.3, -0.25) is 0 Å². The Hall–Kier alpha value is -0.890. The van der Waals surface area contributed by atoms with Crippen molar-refractivity contribution < 1.29 is 4.39 Å². The fraction of sp³-hybridized carbons (Fsp3) is 0.600. The van der Waals surface area contributed by atoms with E-state index in [0.717, 1.165) is 25.1 Å². The molecule has 2 unspecified atom stereocenters. The average molecular weight is 237 g/mol. The van der Waals surface area contributed by atoms with Crippen LogP contribution in [0, 0.1) is 24.6 Å². The summed E-state index contributed by atoms with van der Waals surface area (Å²) in [7, 11) is 0. The topological polar surface area (TPSA) is 12.0 Å². The molecule has 0 saturated carbocycles. The molecular weight excluding hydrogens is 213 g/mol. The van der Waals surface area contributed by atoms with Crippen molar-refractivity contribution in [3.05, 3.63) is 35.1 Å². The molecular formula is C15H24FN. The summed E-state index contributed by atoms with van der Waals surface area (Å²) in [6, 6.07) is 5.10. The summed E-state index contributed by atoms with van der Waals surface area (Å²) in [5, 5.41) is 3.38. The molecule has 0 aromatic heterocycles. The first-order valence-corrected chi connectivity index (χ1v) is 6.50. The van der Waals surface area contributed by atoms with Gasteiger partial charge >= 0.3 is 0 Å². The van der Waals surface area contributed by atoms with E-state index in [-0.39, 0.29) is 5.82 Å². The maximum Gasteiger partial charge on any atom is 0.123 e. The monoisotopic (exact) mass is 237 g/mol. The van der Waals surface area contributed by atoms with Crippen molar-refractivity contribution in [2.45, 2.75) is 34.1 Å². The van der Waals surface area contributed by atoms with Gasteiger partial charge in [-0.05, 0) is 61.5 Å². The highest BCUT2D eigenvalue weighted by atomic mass is 19.1. The van der Waals surface area contributed by atoms with Gasteiger partial charge in [0, 0.05) is 0 Å².